The van der Waals surface area contributed by atoms with Crippen LogP contribution in [0.4, 0.5) is 5.69 Å². The van der Waals surface area contributed by atoms with Gasteiger partial charge >= 0.3 is 5.69 Å². The molecule has 0 radical (unpaired) electrons. The first-order valence-corrected chi connectivity index (χ1v) is 11.3. The molecule has 0 bridgehead atoms. The van der Waals surface area contributed by atoms with Gasteiger partial charge in [-0.15, -0.1) is 11.3 Å². The summed E-state index contributed by atoms with van der Waals surface area (Å²) in [5, 5.41) is 0.922. The van der Waals surface area contributed by atoms with E-state index in [1.165, 1.54) is 27.2 Å². The van der Waals surface area contributed by atoms with Gasteiger partial charge in [0.15, 0.2) is 0 Å². The van der Waals surface area contributed by atoms with Crippen LogP contribution in [0.2, 0.25) is 0 Å². The van der Waals surface area contributed by atoms with E-state index in [-0.39, 0.29) is 24.0 Å². The van der Waals surface area contributed by atoms with Crippen LogP contribution in [0.25, 0.3) is 20.3 Å². The first kappa shape index (κ1) is 18.7. The van der Waals surface area contributed by atoms with E-state index in [4.69, 9.17) is 4.74 Å². The van der Waals surface area contributed by atoms with Crippen molar-refractivity contribution in [3.8, 4) is 5.75 Å². The van der Waals surface area contributed by atoms with E-state index in [0.29, 0.717) is 16.8 Å². The number of hydrogen-bond donors (Lipinski definition) is 1. The Morgan fingerprint density at radius 2 is 2.00 bits per heavy atom. The number of rotatable bonds is 2. The van der Waals surface area contributed by atoms with Crippen molar-refractivity contribution >= 4 is 37.3 Å². The maximum atomic E-state index is 13.2. The van der Waals surface area contributed by atoms with Gasteiger partial charge < -0.3 is 14.6 Å². The molecule has 1 N–H and O–H groups in total. The molecule has 4 aromatic rings. The number of H-pyrrole nitrogens is 1. The van der Waals surface area contributed by atoms with Crippen LogP contribution in [-0.2, 0) is 6.67 Å². The summed E-state index contributed by atoms with van der Waals surface area (Å²) in [6.07, 6.45) is 0. The molecule has 0 spiro atoms. The zero-order chi connectivity index (χ0) is 21.1. The highest BCUT2D eigenvalue weighted by Crippen LogP contribution is 2.37. The number of anilines is 1. The van der Waals surface area contributed by atoms with Gasteiger partial charge in [-0.25, -0.2) is 9.36 Å². The average molecular weight is 435 g/mol. The van der Waals surface area contributed by atoms with Crippen molar-refractivity contribution in [1.29, 1.82) is 0 Å². The summed E-state index contributed by atoms with van der Waals surface area (Å²) in [5.41, 5.74) is 2.44. The zero-order valence-electron chi connectivity index (χ0n) is 17.1. The molecule has 1 unspecified atom stereocenters. The Bertz CT molecular complexity index is 1440. The highest BCUT2D eigenvalue weighted by atomic mass is 32.1. The van der Waals surface area contributed by atoms with Crippen molar-refractivity contribution in [2.75, 3.05) is 31.1 Å². The molecule has 31 heavy (non-hydrogen) atoms. The summed E-state index contributed by atoms with van der Waals surface area (Å²) >= 11 is 1.44. The largest absolute Gasteiger partial charge is 0.489 e. The Hall–Kier alpha value is -3.10. The van der Waals surface area contributed by atoms with Crippen LogP contribution in [0.1, 0.15) is 5.56 Å². The summed E-state index contributed by atoms with van der Waals surface area (Å²) in [5.74, 6) is 0.938. The van der Waals surface area contributed by atoms with Gasteiger partial charge in [0.1, 0.15) is 17.1 Å². The molecule has 2 aliphatic rings. The monoisotopic (exact) mass is 434 g/mol. The van der Waals surface area contributed by atoms with E-state index >= 15 is 0 Å². The van der Waals surface area contributed by atoms with E-state index in [9.17, 15) is 9.59 Å². The molecule has 2 aliphatic heterocycles. The van der Waals surface area contributed by atoms with Gasteiger partial charge in [-0.3, -0.25) is 9.69 Å². The minimum absolute atomic E-state index is 0.199. The topological polar surface area (TPSA) is 70.6 Å². The third-order valence-corrected chi connectivity index (χ3v) is 7.50. The molecule has 1 atom stereocenters. The van der Waals surface area contributed by atoms with Crippen molar-refractivity contribution < 1.29 is 4.74 Å². The van der Waals surface area contributed by atoms with Gasteiger partial charge in [0.05, 0.1) is 23.9 Å². The van der Waals surface area contributed by atoms with Crippen LogP contribution in [0.3, 0.4) is 0 Å². The maximum Gasteiger partial charge on any atom is 0.330 e. The third-order valence-electron chi connectivity index (χ3n) is 6.34. The molecule has 0 aliphatic carbocycles. The molecule has 158 valence electrons. The van der Waals surface area contributed by atoms with Crippen LogP contribution in [0.15, 0.2) is 52.1 Å². The number of nitrogens with one attached hydrogen (secondary N) is 1. The molecule has 2 aromatic heterocycles. The maximum absolute atomic E-state index is 13.2. The molecule has 2 aromatic carbocycles. The average Bonchev–Trinajstić information content (AvgIpc) is 3.15. The molecule has 1 saturated heterocycles. The van der Waals surface area contributed by atoms with Crippen LogP contribution >= 0.6 is 11.3 Å². The third kappa shape index (κ3) is 2.90. The van der Waals surface area contributed by atoms with Gasteiger partial charge in [0.2, 0.25) is 0 Å². The summed E-state index contributed by atoms with van der Waals surface area (Å²) in [6, 6.07) is 14.1. The van der Waals surface area contributed by atoms with Gasteiger partial charge in [-0.2, -0.15) is 0 Å². The standard InChI is InChI=1S/C23H22N4O3S/c1-14-5-4-7-17-20(14)26-10-9-25(11-15(26)12-30-17)13-27-22(28)21-19(24-23(27)29)16-6-2-3-8-18(16)31-21/h2-8,15H,9-13H2,1H3,(H,24,29). The molecular formula is C23H22N4O3S. The second-order valence-electron chi connectivity index (χ2n) is 8.26. The number of ether oxygens (including phenoxy) is 1. The van der Waals surface area contributed by atoms with Crippen LogP contribution < -0.4 is 20.9 Å². The lowest BCUT2D eigenvalue weighted by Gasteiger charge is -2.46. The van der Waals surface area contributed by atoms with Crippen molar-refractivity contribution in [2.24, 2.45) is 0 Å². The number of aryl methyl sites for hydroxylation is 1. The number of thiophene rings is 1. The smallest absolute Gasteiger partial charge is 0.330 e. The van der Waals surface area contributed by atoms with E-state index in [0.717, 1.165) is 35.5 Å². The second kappa shape index (κ2) is 6.96. The predicted molar refractivity (Wildman–Crippen MR) is 124 cm³/mol. The number of aromatic nitrogens is 2. The van der Waals surface area contributed by atoms with Crippen molar-refractivity contribution in [2.45, 2.75) is 19.6 Å². The lowest BCUT2D eigenvalue weighted by atomic mass is 10.1. The minimum atomic E-state index is -0.357. The summed E-state index contributed by atoms with van der Waals surface area (Å²) in [4.78, 5) is 33.5. The highest BCUT2D eigenvalue weighted by molar-refractivity contribution is 7.25. The lowest BCUT2D eigenvalue weighted by molar-refractivity contribution is 0.137. The van der Waals surface area contributed by atoms with Crippen LogP contribution in [0, 0.1) is 6.92 Å². The number of fused-ring (bicyclic) bond motifs is 6. The van der Waals surface area contributed by atoms with Gasteiger partial charge in [0, 0.05) is 29.7 Å². The molecule has 7 nitrogen and oxygen atoms in total. The number of para-hydroxylation sites is 1. The normalized spacial score (nSPS) is 18.7. The van der Waals surface area contributed by atoms with E-state index < -0.39 is 0 Å². The van der Waals surface area contributed by atoms with Crippen LogP contribution in [-0.4, -0.2) is 46.7 Å². The Balaban J connectivity index is 1.31. The van der Waals surface area contributed by atoms with Gasteiger partial charge in [-0.05, 0) is 24.6 Å². The molecule has 0 saturated carbocycles. The van der Waals surface area contributed by atoms with Crippen LogP contribution in [0.5, 0.6) is 5.75 Å². The van der Waals surface area contributed by atoms with Gasteiger partial charge in [-0.1, -0.05) is 30.3 Å². The molecule has 8 heteroatoms. The Labute approximate surface area is 182 Å². The fourth-order valence-electron chi connectivity index (χ4n) is 4.83. The first-order valence-electron chi connectivity index (χ1n) is 10.5. The Kier molecular flexibility index (Phi) is 4.19. The Morgan fingerprint density at radius 1 is 1.13 bits per heavy atom. The van der Waals surface area contributed by atoms with E-state index in [2.05, 4.69) is 27.8 Å². The molecular weight excluding hydrogens is 412 g/mol. The SMILES string of the molecule is Cc1cccc2c1N1CCN(Cn3c(=O)[nH]c4c(sc5ccccc54)c3=O)CC1CO2. The fraction of sp³-hybridized carbons (Fsp3) is 0.304. The minimum Gasteiger partial charge on any atom is -0.489 e. The number of hydrogen-bond acceptors (Lipinski definition) is 6. The summed E-state index contributed by atoms with van der Waals surface area (Å²) in [6.45, 7) is 5.35. The van der Waals surface area contributed by atoms with Crippen molar-refractivity contribution in [1.82, 2.24) is 14.5 Å². The summed E-state index contributed by atoms with van der Waals surface area (Å²) < 4.78 is 8.94. The molecule has 6 rings (SSSR count). The predicted octanol–water partition coefficient (Wildman–Crippen LogP) is 2.75. The van der Waals surface area contributed by atoms with E-state index in [1.807, 2.05) is 36.4 Å². The highest BCUT2D eigenvalue weighted by Gasteiger charge is 2.34. The van der Waals surface area contributed by atoms with Crippen molar-refractivity contribution in [3.05, 3.63) is 68.9 Å². The molecule has 1 fully saturated rings. The Morgan fingerprint density at radius 3 is 2.90 bits per heavy atom. The zero-order valence-corrected chi connectivity index (χ0v) is 17.9. The fourth-order valence-corrected chi connectivity index (χ4v) is 5.93. The lowest BCUT2D eigenvalue weighted by Crippen LogP contribution is -2.58. The number of piperazine rings is 1. The van der Waals surface area contributed by atoms with E-state index in [1.54, 1.807) is 0 Å². The number of benzene rings is 2. The second-order valence-corrected chi connectivity index (χ2v) is 9.32. The molecule has 4 heterocycles. The molecule has 0 amide bonds. The van der Waals surface area contributed by atoms with Gasteiger partial charge in [0.25, 0.3) is 5.56 Å². The quantitative estimate of drug-likeness (QED) is 0.525. The number of nitrogens with zero attached hydrogens (tertiary/aromatic N) is 3. The number of aromatic amines is 1. The summed E-state index contributed by atoms with van der Waals surface area (Å²) in [7, 11) is 0. The first-order chi connectivity index (χ1) is 15.1. The van der Waals surface area contributed by atoms with Crippen molar-refractivity contribution in [3.63, 3.8) is 0 Å².